The van der Waals surface area contributed by atoms with E-state index in [1.807, 2.05) is 32.0 Å². The number of pyridine rings is 1. The number of amides is 1. The molecular formula is C18H18N4O3. The fraction of sp³-hybridized carbons (Fsp3) is 0.222. The Morgan fingerprint density at radius 3 is 2.84 bits per heavy atom. The third-order valence-corrected chi connectivity index (χ3v) is 3.63. The topological polar surface area (TPSA) is 90.0 Å². The van der Waals surface area contributed by atoms with Crippen LogP contribution in [-0.4, -0.2) is 20.6 Å². The standard InChI is InChI=1S/C18H18N4O3/c1-3-15-20-18(25-21-15)13-7-8-17(24)22(10-13)11-16(23)19-14-6-4-5-12(2)9-14/h4-10H,3,11H2,1-2H3,(H,19,23). The molecule has 0 atom stereocenters. The molecule has 0 aliphatic heterocycles. The van der Waals surface area contributed by atoms with E-state index in [-0.39, 0.29) is 18.0 Å². The van der Waals surface area contributed by atoms with Crippen LogP contribution >= 0.6 is 0 Å². The maximum absolute atomic E-state index is 12.2. The molecular weight excluding hydrogens is 320 g/mol. The highest BCUT2D eigenvalue weighted by molar-refractivity contribution is 5.90. The van der Waals surface area contributed by atoms with Crippen LogP contribution in [0, 0.1) is 6.92 Å². The minimum atomic E-state index is -0.287. The molecule has 2 aromatic heterocycles. The normalized spacial score (nSPS) is 10.6. The van der Waals surface area contributed by atoms with Crippen LogP contribution in [0.5, 0.6) is 0 Å². The Balaban J connectivity index is 1.78. The maximum Gasteiger partial charge on any atom is 0.259 e. The Labute approximate surface area is 144 Å². The lowest BCUT2D eigenvalue weighted by Crippen LogP contribution is -2.26. The second-order valence-corrected chi connectivity index (χ2v) is 5.67. The molecule has 0 saturated heterocycles. The van der Waals surface area contributed by atoms with Gasteiger partial charge < -0.3 is 14.4 Å². The Hall–Kier alpha value is -3.22. The molecule has 0 unspecified atom stereocenters. The van der Waals surface area contributed by atoms with Crippen LogP contribution in [0.25, 0.3) is 11.5 Å². The second kappa shape index (κ2) is 7.12. The Morgan fingerprint density at radius 2 is 2.12 bits per heavy atom. The van der Waals surface area contributed by atoms with Crippen molar-refractivity contribution >= 4 is 11.6 Å². The molecule has 128 valence electrons. The fourth-order valence-corrected chi connectivity index (χ4v) is 2.37. The number of nitrogens with zero attached hydrogens (tertiary/aromatic N) is 3. The lowest BCUT2D eigenvalue weighted by molar-refractivity contribution is -0.116. The van der Waals surface area contributed by atoms with Gasteiger partial charge in [0.25, 0.3) is 11.4 Å². The average molecular weight is 338 g/mol. The van der Waals surface area contributed by atoms with Gasteiger partial charge in [0.1, 0.15) is 6.54 Å². The first-order chi connectivity index (χ1) is 12.0. The SMILES string of the molecule is CCc1noc(-c2ccc(=O)n(CC(=O)Nc3cccc(C)c3)c2)n1. The van der Waals surface area contributed by atoms with Crippen LogP contribution in [0.1, 0.15) is 18.3 Å². The van der Waals surface area contributed by atoms with Crippen LogP contribution in [-0.2, 0) is 17.8 Å². The molecule has 0 aliphatic rings. The smallest absolute Gasteiger partial charge is 0.259 e. The predicted molar refractivity (Wildman–Crippen MR) is 93.2 cm³/mol. The molecule has 2 heterocycles. The first-order valence-corrected chi connectivity index (χ1v) is 7.95. The Morgan fingerprint density at radius 1 is 1.28 bits per heavy atom. The highest BCUT2D eigenvalue weighted by Gasteiger charge is 2.11. The van der Waals surface area contributed by atoms with Gasteiger partial charge in [-0.25, -0.2) is 0 Å². The summed E-state index contributed by atoms with van der Waals surface area (Å²) in [6.07, 6.45) is 2.20. The molecule has 3 rings (SSSR count). The highest BCUT2D eigenvalue weighted by atomic mass is 16.5. The van der Waals surface area contributed by atoms with Gasteiger partial charge in [0, 0.05) is 24.4 Å². The average Bonchev–Trinajstić information content (AvgIpc) is 3.06. The van der Waals surface area contributed by atoms with Gasteiger partial charge in [0.05, 0.1) is 5.56 Å². The van der Waals surface area contributed by atoms with Crippen LogP contribution in [0.2, 0.25) is 0 Å². The molecule has 7 nitrogen and oxygen atoms in total. The number of benzene rings is 1. The minimum Gasteiger partial charge on any atom is -0.334 e. The molecule has 0 fully saturated rings. The van der Waals surface area contributed by atoms with Gasteiger partial charge in [-0.15, -0.1) is 0 Å². The summed E-state index contributed by atoms with van der Waals surface area (Å²) in [5.41, 5.74) is 2.05. The third-order valence-electron chi connectivity index (χ3n) is 3.63. The van der Waals surface area contributed by atoms with E-state index in [4.69, 9.17) is 4.52 Å². The maximum atomic E-state index is 12.2. The zero-order chi connectivity index (χ0) is 17.8. The summed E-state index contributed by atoms with van der Waals surface area (Å²) in [6.45, 7) is 3.76. The van der Waals surface area contributed by atoms with E-state index in [1.54, 1.807) is 18.3 Å². The van der Waals surface area contributed by atoms with Crippen LogP contribution in [0.4, 0.5) is 5.69 Å². The molecule has 0 bridgehead atoms. The molecule has 3 aromatic rings. The second-order valence-electron chi connectivity index (χ2n) is 5.67. The van der Waals surface area contributed by atoms with Gasteiger partial charge in [-0.3, -0.25) is 9.59 Å². The lowest BCUT2D eigenvalue weighted by atomic mass is 10.2. The summed E-state index contributed by atoms with van der Waals surface area (Å²) in [5.74, 6) is 0.624. The molecule has 1 aromatic carbocycles. The number of anilines is 1. The van der Waals surface area contributed by atoms with Gasteiger partial charge in [-0.2, -0.15) is 4.98 Å². The van der Waals surface area contributed by atoms with Crippen molar-refractivity contribution in [2.45, 2.75) is 26.8 Å². The summed E-state index contributed by atoms with van der Waals surface area (Å²) in [7, 11) is 0. The van der Waals surface area contributed by atoms with Crippen LogP contribution in [0.3, 0.4) is 0 Å². The number of hydrogen-bond donors (Lipinski definition) is 1. The van der Waals surface area contributed by atoms with Crippen molar-refractivity contribution < 1.29 is 9.32 Å². The lowest BCUT2D eigenvalue weighted by Gasteiger charge is -2.08. The van der Waals surface area contributed by atoms with E-state index in [1.165, 1.54) is 10.6 Å². The zero-order valence-corrected chi connectivity index (χ0v) is 14.0. The number of carbonyl (C=O) groups excluding carboxylic acids is 1. The monoisotopic (exact) mass is 338 g/mol. The summed E-state index contributed by atoms with van der Waals surface area (Å²) in [4.78, 5) is 28.5. The fourth-order valence-electron chi connectivity index (χ4n) is 2.37. The van der Waals surface area contributed by atoms with Crippen molar-refractivity contribution in [1.82, 2.24) is 14.7 Å². The first-order valence-electron chi connectivity index (χ1n) is 7.95. The van der Waals surface area contributed by atoms with Crippen LogP contribution in [0.15, 0.2) is 51.9 Å². The van der Waals surface area contributed by atoms with Crippen LogP contribution < -0.4 is 10.9 Å². The molecule has 7 heteroatoms. The summed E-state index contributed by atoms with van der Waals surface area (Å²) in [5, 5.41) is 6.62. The number of hydrogen-bond acceptors (Lipinski definition) is 5. The van der Waals surface area contributed by atoms with Gasteiger partial charge >= 0.3 is 0 Å². The van der Waals surface area contributed by atoms with E-state index < -0.39 is 0 Å². The van der Waals surface area contributed by atoms with E-state index >= 15 is 0 Å². The Kier molecular flexibility index (Phi) is 4.74. The van der Waals surface area contributed by atoms with Gasteiger partial charge in [-0.1, -0.05) is 24.2 Å². The van der Waals surface area contributed by atoms with Gasteiger partial charge in [-0.05, 0) is 30.7 Å². The quantitative estimate of drug-likeness (QED) is 0.771. The van der Waals surface area contributed by atoms with E-state index in [0.29, 0.717) is 29.4 Å². The number of rotatable bonds is 5. The largest absolute Gasteiger partial charge is 0.334 e. The molecule has 0 saturated carbocycles. The molecule has 0 spiro atoms. The Bertz CT molecular complexity index is 959. The summed E-state index contributed by atoms with van der Waals surface area (Å²) < 4.78 is 6.49. The van der Waals surface area contributed by atoms with E-state index in [2.05, 4.69) is 15.5 Å². The van der Waals surface area contributed by atoms with Crippen molar-refractivity contribution in [3.05, 3.63) is 64.3 Å². The van der Waals surface area contributed by atoms with E-state index in [9.17, 15) is 9.59 Å². The molecule has 1 amide bonds. The molecule has 25 heavy (non-hydrogen) atoms. The minimum absolute atomic E-state index is 0.102. The van der Waals surface area contributed by atoms with Crippen molar-refractivity contribution in [2.24, 2.45) is 0 Å². The van der Waals surface area contributed by atoms with Gasteiger partial charge in [0.2, 0.25) is 5.91 Å². The number of nitrogens with one attached hydrogen (secondary N) is 1. The molecule has 0 radical (unpaired) electrons. The van der Waals surface area contributed by atoms with Crippen molar-refractivity contribution in [1.29, 1.82) is 0 Å². The molecule has 1 N–H and O–H groups in total. The van der Waals surface area contributed by atoms with Crippen molar-refractivity contribution in [3.8, 4) is 11.5 Å². The number of aryl methyl sites for hydroxylation is 2. The van der Waals surface area contributed by atoms with Crippen molar-refractivity contribution in [2.75, 3.05) is 5.32 Å². The predicted octanol–water partition coefficient (Wildman–Crippen LogP) is 2.41. The summed E-state index contributed by atoms with van der Waals surface area (Å²) >= 11 is 0. The highest BCUT2D eigenvalue weighted by Crippen LogP contribution is 2.15. The number of carbonyl (C=O) groups is 1. The van der Waals surface area contributed by atoms with Crippen molar-refractivity contribution in [3.63, 3.8) is 0 Å². The zero-order valence-electron chi connectivity index (χ0n) is 14.0. The first kappa shape index (κ1) is 16.6. The molecule has 0 aliphatic carbocycles. The number of aromatic nitrogens is 3. The third kappa shape index (κ3) is 4.00. The van der Waals surface area contributed by atoms with Gasteiger partial charge in [0.15, 0.2) is 5.82 Å². The van der Waals surface area contributed by atoms with E-state index in [0.717, 1.165) is 5.56 Å². The summed E-state index contributed by atoms with van der Waals surface area (Å²) in [6, 6.07) is 10.4.